The van der Waals surface area contributed by atoms with Crippen LogP contribution in [-0.4, -0.2) is 9.97 Å². The van der Waals surface area contributed by atoms with Crippen LogP contribution in [0.4, 0.5) is 17.1 Å². The number of hydrogen-bond acceptors (Lipinski definition) is 4. The molecular formula is C48H32N3OP. The number of fused-ring (bicyclic) bond motifs is 6. The molecule has 10 rings (SSSR count). The van der Waals surface area contributed by atoms with E-state index in [9.17, 15) is 0 Å². The maximum Gasteiger partial charge on any atom is 0.172 e. The van der Waals surface area contributed by atoms with Gasteiger partial charge in [0.05, 0.1) is 22.8 Å². The lowest BCUT2D eigenvalue weighted by Crippen LogP contribution is -2.17. The van der Waals surface area contributed by atoms with Gasteiger partial charge in [-0.2, -0.15) is 0 Å². The van der Waals surface area contributed by atoms with Crippen LogP contribution in [0.15, 0.2) is 194 Å². The van der Waals surface area contributed by atoms with Crippen molar-refractivity contribution in [2.24, 2.45) is 0 Å². The third-order valence-corrected chi connectivity index (χ3v) is 13.4. The van der Waals surface area contributed by atoms with Crippen LogP contribution in [0.3, 0.4) is 0 Å². The van der Waals surface area contributed by atoms with Gasteiger partial charge in [-0.3, -0.25) is 0 Å². The molecule has 0 saturated heterocycles. The Labute approximate surface area is 308 Å². The van der Waals surface area contributed by atoms with Gasteiger partial charge in [-0.1, -0.05) is 164 Å². The molecule has 0 radical (unpaired) electrons. The number of benzene rings is 7. The molecule has 8 aromatic rings. The average Bonchev–Trinajstić information content (AvgIpc) is 3.42. The molecule has 53 heavy (non-hydrogen) atoms. The molecule has 1 unspecified atom stereocenters. The van der Waals surface area contributed by atoms with E-state index >= 15 is 4.57 Å². The molecule has 0 bridgehead atoms. The number of nitrogens with zero attached hydrogens (tertiary/aromatic N) is 3. The van der Waals surface area contributed by atoms with E-state index < -0.39 is 7.14 Å². The summed E-state index contributed by atoms with van der Waals surface area (Å²) in [6, 6.07) is 66.2. The van der Waals surface area contributed by atoms with Crippen molar-refractivity contribution in [3.05, 3.63) is 211 Å². The highest BCUT2D eigenvalue weighted by molar-refractivity contribution is 7.88. The maximum absolute atomic E-state index is 16.0. The van der Waals surface area contributed by atoms with E-state index in [0.717, 1.165) is 83.3 Å². The number of para-hydroxylation sites is 2. The molecule has 1 aromatic heterocycles. The molecule has 3 heterocycles. The number of hydrogen-bond donors (Lipinski definition) is 0. The van der Waals surface area contributed by atoms with Gasteiger partial charge < -0.3 is 9.46 Å². The van der Waals surface area contributed by atoms with Crippen LogP contribution < -0.4 is 15.5 Å². The van der Waals surface area contributed by atoms with Crippen molar-refractivity contribution in [2.45, 2.75) is 0 Å². The minimum atomic E-state index is -3.27. The molecule has 0 fully saturated rings. The van der Waals surface area contributed by atoms with Gasteiger partial charge in [-0.05, 0) is 35.9 Å². The van der Waals surface area contributed by atoms with Crippen molar-refractivity contribution in [3.8, 4) is 33.9 Å². The highest BCUT2D eigenvalue weighted by atomic mass is 31.2. The van der Waals surface area contributed by atoms with Crippen LogP contribution in [-0.2, 0) is 4.57 Å². The topological polar surface area (TPSA) is 46.1 Å². The largest absolute Gasteiger partial charge is 0.309 e. The standard InChI is InChI=1S/C48H32N3OP/c52-53(37-23-8-3-9-24-37)45-30-15-12-27-40(45)46-38-25-10-13-28-43(38)51(44-29-14-11-26-39(44)47(46)53)36-22-16-21-35(31-36)48-49-41(33-17-4-1-5-18-33)32-42(50-48)34-19-6-2-7-20-34/h1-32H. The SMILES string of the molecule is O=P1(c2ccccc2)C2=C(c3ccccc3N(c3cccc(-c4nc(-c5ccccc5)cc(-c5ccccc5)n4)c3)c3ccccc32)c2ccccc21. The van der Waals surface area contributed by atoms with E-state index in [0.29, 0.717) is 5.82 Å². The van der Waals surface area contributed by atoms with E-state index in [4.69, 9.17) is 9.97 Å². The first kappa shape index (κ1) is 31.2. The zero-order chi connectivity index (χ0) is 35.4. The summed E-state index contributed by atoms with van der Waals surface area (Å²) in [5, 5.41) is 2.61. The van der Waals surface area contributed by atoms with Gasteiger partial charge in [-0.15, -0.1) is 0 Å². The van der Waals surface area contributed by atoms with E-state index in [1.807, 2.05) is 72.8 Å². The van der Waals surface area contributed by atoms with Gasteiger partial charge in [0, 0.05) is 55.0 Å². The van der Waals surface area contributed by atoms with Gasteiger partial charge in [0.1, 0.15) is 0 Å². The number of anilines is 3. The van der Waals surface area contributed by atoms with E-state index in [2.05, 4.69) is 126 Å². The summed E-state index contributed by atoms with van der Waals surface area (Å²) in [7, 11) is -3.27. The minimum Gasteiger partial charge on any atom is -0.309 e. The molecule has 250 valence electrons. The van der Waals surface area contributed by atoms with Crippen LogP contribution in [0, 0.1) is 0 Å². The highest BCUT2D eigenvalue weighted by Crippen LogP contribution is 2.68. The van der Waals surface area contributed by atoms with Crippen LogP contribution in [0.2, 0.25) is 0 Å². The van der Waals surface area contributed by atoms with Crippen LogP contribution in [0.5, 0.6) is 0 Å². The van der Waals surface area contributed by atoms with Crippen molar-refractivity contribution in [1.82, 2.24) is 9.97 Å². The van der Waals surface area contributed by atoms with E-state index in [-0.39, 0.29) is 0 Å². The first-order valence-corrected chi connectivity index (χ1v) is 19.5. The van der Waals surface area contributed by atoms with E-state index in [1.165, 1.54) is 0 Å². The smallest absolute Gasteiger partial charge is 0.172 e. The second-order valence-corrected chi connectivity index (χ2v) is 16.0. The first-order valence-electron chi connectivity index (χ1n) is 17.8. The Bertz CT molecular complexity index is 2700. The molecule has 5 heteroatoms. The van der Waals surface area contributed by atoms with Crippen LogP contribution >= 0.6 is 7.14 Å². The highest BCUT2D eigenvalue weighted by Gasteiger charge is 2.46. The Morgan fingerprint density at radius 3 is 1.60 bits per heavy atom. The Morgan fingerprint density at radius 1 is 0.434 bits per heavy atom. The predicted octanol–water partition coefficient (Wildman–Crippen LogP) is 11.5. The van der Waals surface area contributed by atoms with Crippen LogP contribution in [0.25, 0.3) is 44.8 Å². The summed E-state index contributed by atoms with van der Waals surface area (Å²) >= 11 is 0. The molecule has 0 aliphatic carbocycles. The van der Waals surface area contributed by atoms with Crippen molar-refractivity contribution in [3.63, 3.8) is 0 Å². The summed E-state index contributed by atoms with van der Waals surface area (Å²) in [5.41, 5.74) is 11.7. The van der Waals surface area contributed by atoms with Gasteiger partial charge >= 0.3 is 0 Å². The number of rotatable bonds is 5. The van der Waals surface area contributed by atoms with Gasteiger partial charge in [-0.25, -0.2) is 9.97 Å². The maximum atomic E-state index is 16.0. The quantitative estimate of drug-likeness (QED) is 0.168. The predicted molar refractivity (Wildman–Crippen MR) is 219 cm³/mol. The molecule has 2 aliphatic rings. The second kappa shape index (κ2) is 12.6. The van der Waals surface area contributed by atoms with Gasteiger partial charge in [0.2, 0.25) is 0 Å². The zero-order valence-electron chi connectivity index (χ0n) is 28.7. The summed E-state index contributed by atoms with van der Waals surface area (Å²) < 4.78 is 16.0. The first-order chi connectivity index (χ1) is 26.2. The Hall–Kier alpha value is -6.61. The monoisotopic (exact) mass is 697 g/mol. The van der Waals surface area contributed by atoms with Crippen molar-refractivity contribution in [2.75, 3.05) is 4.90 Å². The minimum absolute atomic E-state index is 0.645. The normalized spacial score (nSPS) is 15.6. The van der Waals surface area contributed by atoms with E-state index in [1.54, 1.807) is 0 Å². The fraction of sp³-hybridized carbons (Fsp3) is 0. The summed E-state index contributed by atoms with van der Waals surface area (Å²) in [6.45, 7) is 0. The number of aromatic nitrogens is 2. The van der Waals surface area contributed by atoms with Crippen molar-refractivity contribution in [1.29, 1.82) is 0 Å². The molecule has 0 amide bonds. The molecule has 0 spiro atoms. The van der Waals surface area contributed by atoms with Gasteiger partial charge in [0.25, 0.3) is 0 Å². The van der Waals surface area contributed by atoms with Gasteiger partial charge in [0.15, 0.2) is 13.0 Å². The second-order valence-electron chi connectivity index (χ2n) is 13.3. The van der Waals surface area contributed by atoms with Crippen molar-refractivity contribution < 1.29 is 4.57 Å². The summed E-state index contributed by atoms with van der Waals surface area (Å²) in [6.07, 6.45) is 0. The van der Waals surface area contributed by atoms with Crippen LogP contribution in [0.1, 0.15) is 16.7 Å². The zero-order valence-corrected chi connectivity index (χ0v) is 29.6. The molecule has 2 aliphatic heterocycles. The van der Waals surface area contributed by atoms with Crippen molar-refractivity contribution >= 4 is 45.7 Å². The molecule has 4 nitrogen and oxygen atoms in total. The lowest BCUT2D eigenvalue weighted by atomic mass is 9.95. The molecular weight excluding hydrogens is 666 g/mol. The molecule has 1 atom stereocenters. The molecule has 0 saturated carbocycles. The third-order valence-electron chi connectivity index (χ3n) is 10.2. The Balaban J connectivity index is 1.20. The fourth-order valence-corrected chi connectivity index (χ4v) is 11.2. The Morgan fingerprint density at radius 2 is 0.943 bits per heavy atom. The molecule has 0 N–H and O–H groups in total. The summed E-state index contributed by atoms with van der Waals surface area (Å²) in [4.78, 5) is 12.6. The average molecular weight is 698 g/mol. The Kier molecular flexibility index (Phi) is 7.38. The third kappa shape index (κ3) is 5.03. The fourth-order valence-electron chi connectivity index (χ4n) is 7.88. The molecule has 7 aromatic carbocycles. The lowest BCUT2D eigenvalue weighted by Gasteiger charge is -2.29. The lowest BCUT2D eigenvalue weighted by molar-refractivity contribution is 0.593. The summed E-state index contributed by atoms with van der Waals surface area (Å²) in [5.74, 6) is 0.645.